The molecule has 3 rings (SSSR count). The lowest BCUT2D eigenvalue weighted by Crippen LogP contribution is -2.53. The van der Waals surface area contributed by atoms with Crippen molar-refractivity contribution in [2.75, 3.05) is 13.1 Å². The fourth-order valence-electron chi connectivity index (χ4n) is 4.18. The monoisotopic (exact) mass is 640 g/mol. The molecule has 0 spiro atoms. The van der Waals surface area contributed by atoms with E-state index in [0.29, 0.717) is 0 Å². The van der Waals surface area contributed by atoms with Crippen LogP contribution < -0.4 is 21.3 Å². The maximum atomic E-state index is 13.1. The molecular formula is C30H32N4O12. The van der Waals surface area contributed by atoms with Gasteiger partial charge in [0, 0.05) is 13.1 Å². The summed E-state index contributed by atoms with van der Waals surface area (Å²) in [6.07, 6.45) is 0.432. The standard InChI is InChI=1S/C30H32N4O12/c35-20-10-3-6-15(23(20)38)26(41)31-13-2-1-9-18(33-27(42)16-7-4-11-21(36)24(16)39)29(44)32-14-19(30(45)46)34-28(43)17-8-5-12-22(37)25(17)40/h3-8,10-12,18-19,35-40H,1-2,9,13-14H2,(H,31,41)(H,32,44)(H,33,42)(H,34,43)(H,45,46). The van der Waals surface area contributed by atoms with Gasteiger partial charge in [-0.25, -0.2) is 4.79 Å². The van der Waals surface area contributed by atoms with E-state index in [2.05, 4.69) is 21.3 Å². The van der Waals surface area contributed by atoms with Crippen molar-refractivity contribution in [1.82, 2.24) is 21.3 Å². The number of carbonyl (C=O) groups is 5. The number of hydrogen-bond donors (Lipinski definition) is 11. The number of hydrogen-bond acceptors (Lipinski definition) is 11. The lowest BCUT2D eigenvalue weighted by molar-refractivity contribution is -0.139. The van der Waals surface area contributed by atoms with Gasteiger partial charge in [0.15, 0.2) is 34.5 Å². The molecule has 16 heteroatoms. The molecule has 3 aromatic rings. The van der Waals surface area contributed by atoms with E-state index in [9.17, 15) is 59.7 Å². The SMILES string of the molecule is O=C(NCCCCC(NC(=O)c1cccc(O)c1O)C(=O)NCC(NC(=O)c1cccc(O)c1O)C(=O)O)c1cccc(O)c1O. The first-order valence-corrected chi connectivity index (χ1v) is 13.7. The van der Waals surface area contributed by atoms with E-state index in [0.717, 1.165) is 18.2 Å². The molecule has 3 aromatic carbocycles. The van der Waals surface area contributed by atoms with Gasteiger partial charge in [-0.05, 0) is 55.7 Å². The normalized spacial score (nSPS) is 11.9. The predicted molar refractivity (Wildman–Crippen MR) is 159 cm³/mol. The maximum Gasteiger partial charge on any atom is 0.328 e. The second-order valence-electron chi connectivity index (χ2n) is 9.91. The number of unbranched alkanes of at least 4 members (excludes halogenated alkanes) is 1. The van der Waals surface area contributed by atoms with Gasteiger partial charge in [0.05, 0.1) is 16.7 Å². The van der Waals surface area contributed by atoms with Gasteiger partial charge in [0.25, 0.3) is 17.7 Å². The molecule has 0 fully saturated rings. The number of rotatable bonds is 14. The van der Waals surface area contributed by atoms with Gasteiger partial charge in [-0.3, -0.25) is 19.2 Å². The number of para-hydroxylation sites is 3. The summed E-state index contributed by atoms with van der Waals surface area (Å²) < 4.78 is 0. The molecule has 0 heterocycles. The van der Waals surface area contributed by atoms with Crippen LogP contribution in [0, 0.1) is 0 Å². The van der Waals surface area contributed by atoms with Crippen LogP contribution in [0.1, 0.15) is 50.3 Å². The van der Waals surface area contributed by atoms with Crippen molar-refractivity contribution in [3.8, 4) is 34.5 Å². The highest BCUT2D eigenvalue weighted by atomic mass is 16.4. The number of carboxylic acids is 1. The first-order chi connectivity index (χ1) is 21.8. The minimum absolute atomic E-state index is 0.0499. The van der Waals surface area contributed by atoms with Crippen LogP contribution in [-0.4, -0.2) is 90.5 Å². The molecule has 0 aliphatic carbocycles. The van der Waals surface area contributed by atoms with Crippen molar-refractivity contribution in [2.45, 2.75) is 31.3 Å². The molecule has 2 unspecified atom stereocenters. The molecule has 2 atom stereocenters. The van der Waals surface area contributed by atoms with Gasteiger partial charge in [0.1, 0.15) is 12.1 Å². The van der Waals surface area contributed by atoms with E-state index in [1.807, 2.05) is 0 Å². The molecule has 244 valence electrons. The number of phenols is 6. The van der Waals surface area contributed by atoms with Gasteiger partial charge in [-0.2, -0.15) is 0 Å². The summed E-state index contributed by atoms with van der Waals surface area (Å²) in [5.74, 6) is -8.86. The van der Waals surface area contributed by atoms with Crippen molar-refractivity contribution in [1.29, 1.82) is 0 Å². The second kappa shape index (κ2) is 15.5. The average molecular weight is 641 g/mol. The third kappa shape index (κ3) is 8.68. The van der Waals surface area contributed by atoms with Crippen LogP contribution in [0.3, 0.4) is 0 Å². The van der Waals surface area contributed by atoms with Crippen LogP contribution in [-0.2, 0) is 9.59 Å². The third-order valence-corrected chi connectivity index (χ3v) is 6.69. The van der Waals surface area contributed by atoms with Gasteiger partial charge in [-0.1, -0.05) is 18.2 Å². The summed E-state index contributed by atoms with van der Waals surface area (Å²) in [6, 6.07) is 7.98. The van der Waals surface area contributed by atoms with Crippen molar-refractivity contribution in [3.05, 3.63) is 71.3 Å². The quantitative estimate of drug-likeness (QED) is 0.0855. The molecule has 0 aliphatic heterocycles. The number of phenolic OH excluding ortho intramolecular Hbond substituents is 6. The lowest BCUT2D eigenvalue weighted by atomic mass is 10.1. The van der Waals surface area contributed by atoms with Crippen molar-refractivity contribution >= 4 is 29.6 Å². The minimum Gasteiger partial charge on any atom is -0.504 e. The largest absolute Gasteiger partial charge is 0.504 e. The fourth-order valence-corrected chi connectivity index (χ4v) is 4.18. The van der Waals surface area contributed by atoms with Crippen molar-refractivity contribution in [3.63, 3.8) is 0 Å². The van der Waals surface area contributed by atoms with E-state index in [1.54, 1.807) is 0 Å². The predicted octanol–water partition coefficient (Wildman–Crippen LogP) is 0.618. The fraction of sp³-hybridized carbons (Fsp3) is 0.233. The van der Waals surface area contributed by atoms with Gasteiger partial charge in [0.2, 0.25) is 5.91 Å². The molecular weight excluding hydrogens is 608 g/mol. The van der Waals surface area contributed by atoms with E-state index in [1.165, 1.54) is 36.4 Å². The summed E-state index contributed by atoms with van der Waals surface area (Å²) in [4.78, 5) is 62.7. The third-order valence-electron chi connectivity index (χ3n) is 6.69. The van der Waals surface area contributed by atoms with E-state index in [4.69, 9.17) is 0 Å². The Morgan fingerprint density at radius 3 is 1.46 bits per heavy atom. The Labute approximate surface area is 260 Å². The Morgan fingerprint density at radius 1 is 0.565 bits per heavy atom. The Bertz CT molecular complexity index is 1630. The lowest BCUT2D eigenvalue weighted by Gasteiger charge is -2.21. The Hall–Kier alpha value is -6.19. The van der Waals surface area contributed by atoms with Gasteiger partial charge in [-0.15, -0.1) is 0 Å². The summed E-state index contributed by atoms with van der Waals surface area (Å²) in [5.41, 5.74) is -0.924. The van der Waals surface area contributed by atoms with Crippen LogP contribution >= 0.6 is 0 Å². The Morgan fingerprint density at radius 2 is 1.00 bits per heavy atom. The number of amides is 4. The molecule has 0 saturated heterocycles. The first kappa shape index (κ1) is 34.3. The Kier molecular flexibility index (Phi) is 11.6. The summed E-state index contributed by atoms with van der Waals surface area (Å²) in [6.45, 7) is -0.592. The zero-order valence-corrected chi connectivity index (χ0v) is 24.1. The molecule has 0 aliphatic rings. The van der Waals surface area contributed by atoms with Crippen LogP contribution in [0.15, 0.2) is 54.6 Å². The molecule has 0 aromatic heterocycles. The topological polar surface area (TPSA) is 275 Å². The molecule has 0 radical (unpaired) electrons. The van der Waals surface area contributed by atoms with Crippen LogP contribution in [0.4, 0.5) is 0 Å². The van der Waals surface area contributed by atoms with Crippen molar-refractivity contribution in [2.24, 2.45) is 0 Å². The number of aliphatic carboxylic acids is 1. The second-order valence-corrected chi connectivity index (χ2v) is 9.91. The zero-order valence-electron chi connectivity index (χ0n) is 24.1. The summed E-state index contributed by atoms with van der Waals surface area (Å²) >= 11 is 0. The summed E-state index contributed by atoms with van der Waals surface area (Å²) in [5, 5.41) is 77.8. The molecule has 4 amide bonds. The molecule has 0 saturated carbocycles. The smallest absolute Gasteiger partial charge is 0.328 e. The molecule has 16 nitrogen and oxygen atoms in total. The average Bonchev–Trinajstić information content (AvgIpc) is 3.01. The molecule has 46 heavy (non-hydrogen) atoms. The number of aromatic hydroxyl groups is 6. The molecule has 0 bridgehead atoms. The van der Waals surface area contributed by atoms with E-state index >= 15 is 0 Å². The Balaban J connectivity index is 1.66. The number of benzene rings is 3. The van der Waals surface area contributed by atoms with E-state index in [-0.39, 0.29) is 36.9 Å². The first-order valence-electron chi connectivity index (χ1n) is 13.7. The molecule has 11 N–H and O–H groups in total. The number of carbonyl (C=O) groups excluding carboxylic acids is 4. The number of nitrogens with one attached hydrogen (secondary N) is 4. The van der Waals surface area contributed by atoms with Crippen molar-refractivity contribution < 1.29 is 59.7 Å². The van der Waals surface area contributed by atoms with Crippen LogP contribution in [0.2, 0.25) is 0 Å². The zero-order chi connectivity index (χ0) is 34.0. The van der Waals surface area contributed by atoms with Crippen LogP contribution in [0.5, 0.6) is 34.5 Å². The van der Waals surface area contributed by atoms with Crippen LogP contribution in [0.25, 0.3) is 0 Å². The minimum atomic E-state index is -1.70. The van der Waals surface area contributed by atoms with E-state index < -0.39 is 88.3 Å². The highest BCUT2D eigenvalue weighted by Gasteiger charge is 2.27. The van der Waals surface area contributed by atoms with Gasteiger partial charge < -0.3 is 57.0 Å². The van der Waals surface area contributed by atoms with Gasteiger partial charge >= 0.3 is 5.97 Å². The highest BCUT2D eigenvalue weighted by Crippen LogP contribution is 2.30. The summed E-state index contributed by atoms with van der Waals surface area (Å²) in [7, 11) is 0. The number of carboxylic acid groups (broad SMARTS) is 1. The maximum absolute atomic E-state index is 13.1. The highest BCUT2D eigenvalue weighted by molar-refractivity contribution is 6.01.